The van der Waals surface area contributed by atoms with Crippen molar-refractivity contribution in [3.63, 3.8) is 0 Å². The molecule has 3 nitrogen and oxygen atoms in total. The van der Waals surface area contributed by atoms with Crippen molar-refractivity contribution in [3.8, 4) is 5.75 Å². The Kier molecular flexibility index (Phi) is 3.71. The quantitative estimate of drug-likeness (QED) is 0.878. The van der Waals surface area contributed by atoms with E-state index >= 15 is 0 Å². The van der Waals surface area contributed by atoms with Crippen LogP contribution in [0.1, 0.15) is 27.0 Å². The number of Topliss-reactive ketones (excluding diaryl/α,β-unsaturated/α-hetero) is 1. The van der Waals surface area contributed by atoms with Crippen LogP contribution in [0.5, 0.6) is 5.75 Å². The Morgan fingerprint density at radius 1 is 1.24 bits per heavy atom. The molecule has 0 aliphatic carbocycles. The molecule has 21 heavy (non-hydrogen) atoms. The fourth-order valence-electron chi connectivity index (χ4n) is 2.59. The highest BCUT2D eigenvalue weighted by atomic mass is 19.1. The molecule has 0 radical (unpaired) electrons. The van der Waals surface area contributed by atoms with Crippen LogP contribution < -0.4 is 10.1 Å². The molecule has 108 valence electrons. The zero-order valence-electron chi connectivity index (χ0n) is 11.8. The molecule has 1 aliphatic rings. The van der Waals surface area contributed by atoms with Crippen molar-refractivity contribution in [3.05, 3.63) is 64.5 Å². The van der Waals surface area contributed by atoms with E-state index in [0.717, 1.165) is 18.7 Å². The summed E-state index contributed by atoms with van der Waals surface area (Å²) in [5.41, 5.74) is 3.35. The number of benzene rings is 2. The van der Waals surface area contributed by atoms with E-state index in [1.807, 2.05) is 18.2 Å². The van der Waals surface area contributed by atoms with E-state index in [9.17, 15) is 9.18 Å². The lowest BCUT2D eigenvalue weighted by Gasteiger charge is -2.08. The Bertz CT molecular complexity index is 697. The van der Waals surface area contributed by atoms with Gasteiger partial charge in [0, 0.05) is 25.1 Å². The Balaban J connectivity index is 1.84. The second-order valence-electron chi connectivity index (χ2n) is 5.12. The maximum atomic E-state index is 14.1. The number of fused-ring (bicyclic) bond motifs is 1. The highest BCUT2D eigenvalue weighted by Crippen LogP contribution is 2.22. The summed E-state index contributed by atoms with van der Waals surface area (Å²) in [5, 5.41) is 3.24. The van der Waals surface area contributed by atoms with Crippen LogP contribution in [-0.2, 0) is 19.5 Å². The lowest BCUT2D eigenvalue weighted by molar-refractivity contribution is 0.0991. The van der Waals surface area contributed by atoms with Gasteiger partial charge in [0.1, 0.15) is 0 Å². The first-order chi connectivity index (χ1) is 10.2. The van der Waals surface area contributed by atoms with E-state index in [0.29, 0.717) is 11.1 Å². The topological polar surface area (TPSA) is 38.3 Å². The molecule has 1 heterocycles. The number of carbonyl (C=O) groups is 1. The average molecular weight is 285 g/mol. The second-order valence-corrected chi connectivity index (χ2v) is 5.12. The Morgan fingerprint density at radius 3 is 2.86 bits per heavy atom. The van der Waals surface area contributed by atoms with Gasteiger partial charge in [-0.05, 0) is 28.8 Å². The van der Waals surface area contributed by atoms with Crippen LogP contribution in [0.25, 0.3) is 0 Å². The van der Waals surface area contributed by atoms with Gasteiger partial charge >= 0.3 is 0 Å². The molecule has 2 aromatic rings. The molecule has 0 unspecified atom stereocenters. The summed E-state index contributed by atoms with van der Waals surface area (Å²) in [6.45, 7) is 1.62. The van der Waals surface area contributed by atoms with Gasteiger partial charge in [-0.25, -0.2) is 4.39 Å². The van der Waals surface area contributed by atoms with E-state index in [1.165, 1.54) is 12.7 Å². The fourth-order valence-corrected chi connectivity index (χ4v) is 2.59. The molecule has 0 atom stereocenters. The third kappa shape index (κ3) is 2.67. The van der Waals surface area contributed by atoms with Crippen LogP contribution in [0.15, 0.2) is 36.4 Å². The van der Waals surface area contributed by atoms with Gasteiger partial charge < -0.3 is 10.1 Å². The van der Waals surface area contributed by atoms with Gasteiger partial charge in [-0.3, -0.25) is 4.79 Å². The SMILES string of the molecule is COc1cccc(CC(=O)c2ccc3c(c2)CNC3)c1F. The fraction of sp³-hybridized carbons (Fsp3) is 0.235. The standard InChI is InChI=1S/C17H16FNO2/c1-21-16-4-2-3-12(17(16)18)8-15(20)11-5-6-13-9-19-10-14(13)7-11/h2-7,19H,8-10H2,1H3. The molecule has 0 saturated carbocycles. The summed E-state index contributed by atoms with van der Waals surface area (Å²) in [5.74, 6) is -0.383. The largest absolute Gasteiger partial charge is 0.494 e. The summed E-state index contributed by atoms with van der Waals surface area (Å²) in [6, 6.07) is 10.5. The molecular formula is C17H16FNO2. The average Bonchev–Trinajstić information content (AvgIpc) is 2.96. The van der Waals surface area contributed by atoms with Gasteiger partial charge in [0.05, 0.1) is 7.11 Å². The van der Waals surface area contributed by atoms with Crippen molar-refractivity contribution >= 4 is 5.78 Å². The Hall–Kier alpha value is -2.20. The summed E-state index contributed by atoms with van der Waals surface area (Å²) in [7, 11) is 1.41. The van der Waals surface area contributed by atoms with Crippen molar-refractivity contribution in [2.24, 2.45) is 0 Å². The smallest absolute Gasteiger partial charge is 0.168 e. The predicted molar refractivity (Wildman–Crippen MR) is 78.0 cm³/mol. The molecule has 0 amide bonds. The van der Waals surface area contributed by atoms with Crippen LogP contribution in [0.3, 0.4) is 0 Å². The Labute approximate surface area is 122 Å². The van der Waals surface area contributed by atoms with Gasteiger partial charge in [0.25, 0.3) is 0 Å². The lowest BCUT2D eigenvalue weighted by atomic mass is 9.99. The number of halogens is 1. The first-order valence-electron chi connectivity index (χ1n) is 6.86. The normalized spacial score (nSPS) is 13.0. The van der Waals surface area contributed by atoms with E-state index in [-0.39, 0.29) is 18.0 Å². The Morgan fingerprint density at radius 2 is 2.05 bits per heavy atom. The number of carbonyl (C=O) groups excluding carboxylic acids is 1. The zero-order chi connectivity index (χ0) is 14.8. The number of ketones is 1. The minimum Gasteiger partial charge on any atom is -0.494 e. The van der Waals surface area contributed by atoms with Crippen molar-refractivity contribution in [1.82, 2.24) is 5.32 Å². The van der Waals surface area contributed by atoms with Crippen molar-refractivity contribution in [2.75, 3.05) is 7.11 Å². The first-order valence-corrected chi connectivity index (χ1v) is 6.86. The van der Waals surface area contributed by atoms with E-state index in [1.54, 1.807) is 18.2 Å². The summed E-state index contributed by atoms with van der Waals surface area (Å²) < 4.78 is 19.0. The summed E-state index contributed by atoms with van der Waals surface area (Å²) in [4.78, 5) is 12.3. The number of ether oxygens (including phenoxy) is 1. The molecule has 0 spiro atoms. The van der Waals surface area contributed by atoms with Crippen LogP contribution in [0.4, 0.5) is 4.39 Å². The van der Waals surface area contributed by atoms with Crippen molar-refractivity contribution in [2.45, 2.75) is 19.5 Å². The molecule has 2 aromatic carbocycles. The zero-order valence-corrected chi connectivity index (χ0v) is 11.8. The highest BCUT2D eigenvalue weighted by molar-refractivity contribution is 5.97. The second kappa shape index (κ2) is 5.66. The molecule has 1 N–H and O–H groups in total. The molecule has 0 saturated heterocycles. The lowest BCUT2D eigenvalue weighted by Crippen LogP contribution is -2.06. The van der Waals surface area contributed by atoms with Gasteiger partial charge in [-0.15, -0.1) is 0 Å². The van der Waals surface area contributed by atoms with Gasteiger partial charge in [-0.2, -0.15) is 0 Å². The summed E-state index contributed by atoms with van der Waals surface area (Å²) >= 11 is 0. The molecular weight excluding hydrogens is 269 g/mol. The molecule has 3 rings (SSSR count). The van der Waals surface area contributed by atoms with Crippen molar-refractivity contribution in [1.29, 1.82) is 0 Å². The van der Waals surface area contributed by atoms with Gasteiger partial charge in [0.15, 0.2) is 17.3 Å². The number of methoxy groups -OCH3 is 1. The maximum absolute atomic E-state index is 14.1. The predicted octanol–water partition coefficient (Wildman–Crippen LogP) is 2.86. The van der Waals surface area contributed by atoms with Crippen LogP contribution in [0, 0.1) is 5.82 Å². The number of nitrogens with one attached hydrogen (secondary N) is 1. The van der Waals surface area contributed by atoms with Gasteiger partial charge in [0.2, 0.25) is 0 Å². The minimum atomic E-state index is -0.462. The van der Waals surface area contributed by atoms with Crippen LogP contribution in [-0.4, -0.2) is 12.9 Å². The number of rotatable bonds is 4. The maximum Gasteiger partial charge on any atom is 0.168 e. The molecule has 1 aliphatic heterocycles. The monoisotopic (exact) mass is 285 g/mol. The van der Waals surface area contributed by atoms with Crippen LogP contribution >= 0.6 is 0 Å². The molecule has 0 bridgehead atoms. The van der Waals surface area contributed by atoms with Crippen LogP contribution in [0.2, 0.25) is 0 Å². The summed E-state index contributed by atoms with van der Waals surface area (Å²) in [6.07, 6.45) is 0.0370. The third-order valence-electron chi connectivity index (χ3n) is 3.77. The molecule has 0 fully saturated rings. The van der Waals surface area contributed by atoms with E-state index in [4.69, 9.17) is 4.74 Å². The van der Waals surface area contributed by atoms with E-state index in [2.05, 4.69) is 5.32 Å². The van der Waals surface area contributed by atoms with Crippen molar-refractivity contribution < 1.29 is 13.9 Å². The number of hydrogen-bond acceptors (Lipinski definition) is 3. The molecule has 0 aromatic heterocycles. The highest BCUT2D eigenvalue weighted by Gasteiger charge is 2.16. The van der Waals surface area contributed by atoms with Gasteiger partial charge in [-0.1, -0.05) is 24.3 Å². The minimum absolute atomic E-state index is 0.0370. The molecule has 4 heteroatoms. The first kappa shape index (κ1) is 13.8. The van der Waals surface area contributed by atoms with E-state index < -0.39 is 5.82 Å². The third-order valence-corrected chi connectivity index (χ3v) is 3.77. The number of hydrogen-bond donors (Lipinski definition) is 1.